The second-order valence-corrected chi connectivity index (χ2v) is 6.92. The average molecular weight is 396 g/mol. The zero-order valence-corrected chi connectivity index (χ0v) is 16.1. The number of piperidine rings is 2. The fourth-order valence-electron chi connectivity index (χ4n) is 2.88. The molecule has 0 aromatic carbocycles. The summed E-state index contributed by atoms with van der Waals surface area (Å²) in [6.07, 6.45) is 7.89. The molecular formula is C18H26ClN5O3. The van der Waals surface area contributed by atoms with E-state index in [1.165, 1.54) is 6.20 Å². The molecule has 27 heavy (non-hydrogen) atoms. The first kappa shape index (κ1) is 21.2. The van der Waals surface area contributed by atoms with E-state index in [-0.39, 0.29) is 18.7 Å². The fourth-order valence-corrected chi connectivity index (χ4v) is 2.99. The van der Waals surface area contributed by atoms with Crippen LogP contribution in [0.1, 0.15) is 44.2 Å². The quantitative estimate of drug-likeness (QED) is 0.729. The van der Waals surface area contributed by atoms with Crippen LogP contribution in [0.15, 0.2) is 28.6 Å². The number of urea groups is 2. The van der Waals surface area contributed by atoms with Gasteiger partial charge in [0, 0.05) is 32.4 Å². The summed E-state index contributed by atoms with van der Waals surface area (Å²) in [5.74, 6) is 0. The number of likely N-dealkylation sites (tertiary alicyclic amines) is 2. The first-order valence-corrected chi connectivity index (χ1v) is 9.69. The van der Waals surface area contributed by atoms with Crippen LogP contribution in [0.25, 0.3) is 0 Å². The van der Waals surface area contributed by atoms with Crippen molar-refractivity contribution in [3.63, 3.8) is 0 Å². The van der Waals surface area contributed by atoms with E-state index in [4.69, 9.17) is 16.7 Å². The van der Waals surface area contributed by atoms with Crippen molar-refractivity contribution >= 4 is 23.7 Å². The monoisotopic (exact) mass is 395 g/mol. The first-order chi connectivity index (χ1) is 13.1. The van der Waals surface area contributed by atoms with Crippen molar-refractivity contribution in [2.45, 2.75) is 45.1 Å². The molecule has 4 amide bonds. The van der Waals surface area contributed by atoms with Gasteiger partial charge in [0.05, 0.1) is 17.3 Å². The molecule has 148 valence electrons. The fraction of sp³-hybridized carbons (Fsp3) is 0.611. The van der Waals surface area contributed by atoms with E-state index in [1.807, 2.05) is 0 Å². The largest absolute Gasteiger partial charge is 0.390 e. The normalized spacial score (nSPS) is 17.4. The molecule has 0 spiro atoms. The molecule has 2 saturated heterocycles. The molecule has 9 heteroatoms. The number of azo groups is 1. The Morgan fingerprint density at radius 2 is 1.41 bits per heavy atom. The third kappa shape index (κ3) is 7.60. The molecule has 0 saturated carbocycles. The minimum absolute atomic E-state index is 0.0306. The summed E-state index contributed by atoms with van der Waals surface area (Å²) in [4.78, 5) is 30.5. The third-order valence-corrected chi connectivity index (χ3v) is 4.65. The van der Waals surface area contributed by atoms with Gasteiger partial charge in [-0.2, -0.15) is 0 Å². The van der Waals surface area contributed by atoms with Crippen molar-refractivity contribution < 1.29 is 14.7 Å². The van der Waals surface area contributed by atoms with Gasteiger partial charge in [-0.1, -0.05) is 21.8 Å². The molecule has 2 aliphatic heterocycles. The summed E-state index contributed by atoms with van der Waals surface area (Å²) < 4.78 is 0. The molecule has 0 radical (unpaired) electrons. The van der Waals surface area contributed by atoms with Gasteiger partial charge in [0.25, 0.3) is 0 Å². The van der Waals surface area contributed by atoms with Crippen molar-refractivity contribution in [2.24, 2.45) is 10.2 Å². The van der Waals surface area contributed by atoms with Crippen LogP contribution in [0.2, 0.25) is 5.02 Å². The summed E-state index contributed by atoms with van der Waals surface area (Å²) in [5, 5.41) is 16.2. The van der Waals surface area contributed by atoms with Crippen molar-refractivity contribution in [2.75, 3.05) is 26.2 Å². The van der Waals surface area contributed by atoms with Crippen LogP contribution < -0.4 is 0 Å². The molecule has 2 fully saturated rings. The van der Waals surface area contributed by atoms with E-state index in [0.29, 0.717) is 10.7 Å². The van der Waals surface area contributed by atoms with Crippen LogP contribution in [0.3, 0.4) is 0 Å². The number of amides is 4. The number of carbonyl (C=O) groups is 2. The number of carbonyl (C=O) groups excluding carboxylic acids is 2. The molecule has 1 aromatic rings. The van der Waals surface area contributed by atoms with Crippen molar-refractivity contribution in [1.82, 2.24) is 14.8 Å². The summed E-state index contributed by atoms with van der Waals surface area (Å²) in [5.41, 5.74) is 0.638. The number of pyridine rings is 1. The Labute approximate surface area is 164 Å². The van der Waals surface area contributed by atoms with Gasteiger partial charge < -0.3 is 14.9 Å². The maximum atomic E-state index is 11.7. The summed E-state index contributed by atoms with van der Waals surface area (Å²) in [6, 6.07) is 2.63. The predicted molar refractivity (Wildman–Crippen MR) is 102 cm³/mol. The Bertz CT molecular complexity index is 594. The first-order valence-electron chi connectivity index (χ1n) is 9.31. The zero-order chi connectivity index (χ0) is 19.5. The van der Waals surface area contributed by atoms with Gasteiger partial charge in [-0.05, 0) is 50.7 Å². The molecule has 3 heterocycles. The molecule has 8 nitrogen and oxygen atoms in total. The van der Waals surface area contributed by atoms with Crippen molar-refractivity contribution in [3.8, 4) is 0 Å². The molecule has 0 aliphatic carbocycles. The number of aliphatic hydroxyl groups excluding tert-OH is 1. The van der Waals surface area contributed by atoms with E-state index < -0.39 is 0 Å². The lowest BCUT2D eigenvalue weighted by Crippen LogP contribution is -2.35. The molecular weight excluding hydrogens is 370 g/mol. The number of hydrogen-bond acceptors (Lipinski definition) is 4. The Morgan fingerprint density at radius 3 is 1.78 bits per heavy atom. The Kier molecular flexibility index (Phi) is 9.13. The predicted octanol–water partition coefficient (Wildman–Crippen LogP) is 3.88. The Hall–Kier alpha value is -2.06. The molecule has 0 unspecified atom stereocenters. The highest BCUT2D eigenvalue weighted by molar-refractivity contribution is 6.30. The second kappa shape index (κ2) is 11.6. The number of hydrogen-bond donors (Lipinski definition) is 1. The highest BCUT2D eigenvalue weighted by atomic mass is 35.5. The van der Waals surface area contributed by atoms with E-state index in [2.05, 4.69) is 15.2 Å². The molecule has 0 atom stereocenters. The maximum Gasteiger partial charge on any atom is 0.362 e. The zero-order valence-electron chi connectivity index (χ0n) is 15.4. The Morgan fingerprint density at radius 1 is 0.926 bits per heavy atom. The van der Waals surface area contributed by atoms with Gasteiger partial charge in [0.1, 0.15) is 0 Å². The average Bonchev–Trinajstić information content (AvgIpc) is 2.74. The van der Waals surface area contributed by atoms with E-state index in [9.17, 15) is 9.59 Å². The highest BCUT2D eigenvalue weighted by Crippen LogP contribution is 2.12. The van der Waals surface area contributed by atoms with E-state index in [0.717, 1.165) is 64.7 Å². The van der Waals surface area contributed by atoms with Crippen LogP contribution in [0.5, 0.6) is 0 Å². The van der Waals surface area contributed by atoms with Crippen LogP contribution >= 0.6 is 11.6 Å². The minimum atomic E-state index is -0.375. The summed E-state index contributed by atoms with van der Waals surface area (Å²) >= 11 is 5.52. The molecule has 1 aromatic heterocycles. The number of nitrogens with zero attached hydrogens (tertiary/aromatic N) is 5. The van der Waals surface area contributed by atoms with Gasteiger partial charge in [-0.25, -0.2) is 9.59 Å². The van der Waals surface area contributed by atoms with E-state index >= 15 is 0 Å². The minimum Gasteiger partial charge on any atom is -0.390 e. The van der Waals surface area contributed by atoms with Crippen molar-refractivity contribution in [1.29, 1.82) is 0 Å². The lowest BCUT2D eigenvalue weighted by atomic mass is 10.1. The standard InChI is InChI=1S/C12H20N4O2.C6H6ClNO/c17-11(15-7-3-1-4-8-15)13-14-12(18)16-9-5-2-6-10-16;7-5-1-2-6(4-9)8-3-5/h1-10H2;1-3,9H,4H2. The van der Waals surface area contributed by atoms with Gasteiger partial charge in [-0.3, -0.25) is 4.98 Å². The number of aromatic nitrogens is 1. The third-order valence-electron chi connectivity index (χ3n) is 4.42. The van der Waals surface area contributed by atoms with Crippen LogP contribution in [-0.2, 0) is 6.61 Å². The SMILES string of the molecule is O=C(N=NC(=O)N1CCCCC1)N1CCCCC1.OCc1ccc(Cl)cn1. The van der Waals surface area contributed by atoms with Crippen LogP contribution in [0, 0.1) is 0 Å². The molecule has 1 N–H and O–H groups in total. The highest BCUT2D eigenvalue weighted by Gasteiger charge is 2.18. The summed E-state index contributed by atoms with van der Waals surface area (Å²) in [6.45, 7) is 2.90. The molecule has 3 rings (SSSR count). The van der Waals surface area contributed by atoms with Gasteiger partial charge in [0.2, 0.25) is 0 Å². The smallest absolute Gasteiger partial charge is 0.362 e. The topological polar surface area (TPSA) is 98.5 Å². The molecule has 2 aliphatic rings. The van der Waals surface area contributed by atoms with Gasteiger partial charge in [-0.15, -0.1) is 0 Å². The van der Waals surface area contributed by atoms with E-state index in [1.54, 1.807) is 21.9 Å². The number of aliphatic hydroxyl groups is 1. The van der Waals surface area contributed by atoms with Crippen LogP contribution in [0.4, 0.5) is 9.59 Å². The summed E-state index contributed by atoms with van der Waals surface area (Å²) in [7, 11) is 0. The molecule has 0 bridgehead atoms. The van der Waals surface area contributed by atoms with Gasteiger partial charge >= 0.3 is 12.1 Å². The number of rotatable bonds is 1. The maximum absolute atomic E-state index is 11.7. The lowest BCUT2D eigenvalue weighted by Gasteiger charge is -2.25. The van der Waals surface area contributed by atoms with Gasteiger partial charge in [0.15, 0.2) is 0 Å². The van der Waals surface area contributed by atoms with Crippen LogP contribution in [-0.4, -0.2) is 58.1 Å². The Balaban J connectivity index is 0.000000244. The lowest BCUT2D eigenvalue weighted by molar-refractivity contribution is 0.187. The number of halogens is 1. The van der Waals surface area contributed by atoms with Crippen molar-refractivity contribution in [3.05, 3.63) is 29.0 Å². The second-order valence-electron chi connectivity index (χ2n) is 6.49.